The minimum absolute atomic E-state index is 0.518. The highest BCUT2D eigenvalue weighted by Gasteiger charge is 2.23. The lowest BCUT2D eigenvalue weighted by Crippen LogP contribution is -2.11. The van der Waals surface area contributed by atoms with Crippen LogP contribution in [0.1, 0.15) is 36.6 Å². The summed E-state index contributed by atoms with van der Waals surface area (Å²) in [6.45, 7) is 4.93. The van der Waals surface area contributed by atoms with Gasteiger partial charge in [-0.1, -0.05) is 60.1 Å². The molecule has 2 aromatic carbocycles. The van der Waals surface area contributed by atoms with Crippen molar-refractivity contribution in [1.82, 2.24) is 14.8 Å². The van der Waals surface area contributed by atoms with E-state index >= 15 is 0 Å². The van der Waals surface area contributed by atoms with Crippen LogP contribution in [0.3, 0.4) is 0 Å². The number of halogens is 1. The molecule has 0 radical (unpaired) electrons. The second kappa shape index (κ2) is 6.56. The van der Waals surface area contributed by atoms with E-state index < -0.39 is 0 Å². The predicted octanol–water partition coefficient (Wildman–Crippen LogP) is 4.58. The van der Waals surface area contributed by atoms with Crippen molar-refractivity contribution in [1.29, 1.82) is 0 Å². The molecule has 0 unspecified atom stereocenters. The molecule has 3 aromatic rings. The highest BCUT2D eigenvalue weighted by atomic mass is 79.9. The molecule has 0 saturated heterocycles. The largest absolute Gasteiger partial charge is 0.281 e. The number of aliphatic imine (C=N–C) groups is 1. The Labute approximate surface area is 155 Å². The maximum Gasteiger partial charge on any atom is 0.159 e. The Morgan fingerprint density at radius 2 is 1.88 bits per heavy atom. The van der Waals surface area contributed by atoms with E-state index in [4.69, 9.17) is 4.99 Å². The summed E-state index contributed by atoms with van der Waals surface area (Å²) in [4.78, 5) is 4.88. The fourth-order valence-electron chi connectivity index (χ4n) is 3.20. The molecule has 5 heteroatoms. The van der Waals surface area contributed by atoms with Gasteiger partial charge in [-0.3, -0.25) is 9.56 Å². The standard InChI is InChI=1S/C20H19BrN4/c1-13(2)10-18-23-24-19-12-22-20(14-6-4-3-5-7-14)16-11-15(21)8-9-17(16)25(18)19/h3-9,11,13H,10,12H2,1-2H3. The van der Waals surface area contributed by atoms with E-state index in [-0.39, 0.29) is 0 Å². The normalized spacial score (nSPS) is 13.2. The third kappa shape index (κ3) is 3.04. The number of hydrogen-bond acceptors (Lipinski definition) is 3. The third-order valence-corrected chi connectivity index (χ3v) is 4.76. The van der Waals surface area contributed by atoms with Gasteiger partial charge in [0.15, 0.2) is 5.82 Å². The molecule has 2 heterocycles. The zero-order valence-electron chi connectivity index (χ0n) is 14.3. The Balaban J connectivity index is 1.94. The summed E-state index contributed by atoms with van der Waals surface area (Å²) in [6.07, 6.45) is 0.892. The Morgan fingerprint density at radius 3 is 2.64 bits per heavy atom. The van der Waals surface area contributed by atoms with E-state index in [0.717, 1.165) is 45.1 Å². The first-order valence-electron chi connectivity index (χ1n) is 8.47. The van der Waals surface area contributed by atoms with Crippen LogP contribution in [-0.2, 0) is 13.0 Å². The molecule has 1 aliphatic rings. The van der Waals surface area contributed by atoms with Gasteiger partial charge in [0.05, 0.1) is 11.4 Å². The highest BCUT2D eigenvalue weighted by Crippen LogP contribution is 2.28. The molecule has 126 valence electrons. The molecule has 0 atom stereocenters. The van der Waals surface area contributed by atoms with E-state index in [9.17, 15) is 0 Å². The van der Waals surface area contributed by atoms with Crippen LogP contribution in [0.5, 0.6) is 0 Å². The molecule has 0 aliphatic carbocycles. The number of fused-ring (bicyclic) bond motifs is 3. The fourth-order valence-corrected chi connectivity index (χ4v) is 3.56. The summed E-state index contributed by atoms with van der Waals surface area (Å²) >= 11 is 3.61. The molecule has 4 nitrogen and oxygen atoms in total. The van der Waals surface area contributed by atoms with Crippen molar-refractivity contribution >= 4 is 21.6 Å². The molecule has 1 aromatic heterocycles. The van der Waals surface area contributed by atoms with Crippen LogP contribution >= 0.6 is 15.9 Å². The molecular weight excluding hydrogens is 376 g/mol. The lowest BCUT2D eigenvalue weighted by molar-refractivity contribution is 0.610. The second-order valence-corrected chi connectivity index (χ2v) is 7.57. The van der Waals surface area contributed by atoms with Crippen LogP contribution in [0.4, 0.5) is 0 Å². The molecule has 25 heavy (non-hydrogen) atoms. The summed E-state index contributed by atoms with van der Waals surface area (Å²) in [5.41, 5.74) is 4.31. The predicted molar refractivity (Wildman–Crippen MR) is 103 cm³/mol. The van der Waals surface area contributed by atoms with Crippen LogP contribution < -0.4 is 0 Å². The average molecular weight is 395 g/mol. The summed E-state index contributed by atoms with van der Waals surface area (Å²) < 4.78 is 3.22. The zero-order valence-corrected chi connectivity index (χ0v) is 15.9. The number of rotatable bonds is 3. The molecule has 0 bridgehead atoms. The van der Waals surface area contributed by atoms with Crippen molar-refractivity contribution < 1.29 is 0 Å². The zero-order chi connectivity index (χ0) is 17.4. The number of nitrogens with zero attached hydrogens (tertiary/aromatic N) is 4. The minimum atomic E-state index is 0.518. The van der Waals surface area contributed by atoms with E-state index in [2.05, 4.69) is 74.9 Å². The Morgan fingerprint density at radius 1 is 1.08 bits per heavy atom. The van der Waals surface area contributed by atoms with Crippen molar-refractivity contribution in [3.05, 3.63) is 75.8 Å². The van der Waals surface area contributed by atoms with E-state index in [1.165, 1.54) is 0 Å². The number of hydrogen-bond donors (Lipinski definition) is 0. The quantitative estimate of drug-likeness (QED) is 0.652. The molecule has 1 aliphatic heterocycles. The summed E-state index contributed by atoms with van der Waals surface area (Å²) in [7, 11) is 0. The average Bonchev–Trinajstić information content (AvgIpc) is 2.90. The Hall–Kier alpha value is -2.27. The van der Waals surface area contributed by atoms with Crippen molar-refractivity contribution in [3.8, 4) is 5.69 Å². The monoisotopic (exact) mass is 394 g/mol. The van der Waals surface area contributed by atoms with Gasteiger partial charge < -0.3 is 0 Å². The first-order chi connectivity index (χ1) is 12.1. The molecule has 4 rings (SSSR count). The number of aromatic nitrogens is 3. The highest BCUT2D eigenvalue weighted by molar-refractivity contribution is 9.10. The van der Waals surface area contributed by atoms with Gasteiger partial charge in [0.25, 0.3) is 0 Å². The van der Waals surface area contributed by atoms with Gasteiger partial charge in [0.2, 0.25) is 0 Å². The molecule has 0 saturated carbocycles. The van der Waals surface area contributed by atoms with Crippen molar-refractivity contribution in [3.63, 3.8) is 0 Å². The fraction of sp³-hybridized carbons (Fsp3) is 0.250. The summed E-state index contributed by atoms with van der Waals surface area (Å²) in [5, 5.41) is 8.84. The summed E-state index contributed by atoms with van der Waals surface area (Å²) in [5.74, 6) is 2.41. The van der Waals surface area contributed by atoms with Crippen molar-refractivity contribution in [2.24, 2.45) is 10.9 Å². The molecular formula is C20H19BrN4. The van der Waals surface area contributed by atoms with Gasteiger partial charge in [-0.2, -0.15) is 0 Å². The van der Waals surface area contributed by atoms with Crippen LogP contribution in [0, 0.1) is 5.92 Å². The molecule has 0 fully saturated rings. The second-order valence-electron chi connectivity index (χ2n) is 6.66. The van der Waals surface area contributed by atoms with E-state index in [0.29, 0.717) is 12.5 Å². The minimum Gasteiger partial charge on any atom is -0.281 e. The molecule has 0 N–H and O–H groups in total. The van der Waals surface area contributed by atoms with Gasteiger partial charge in [0, 0.05) is 22.0 Å². The number of benzene rings is 2. The molecule has 0 spiro atoms. The van der Waals surface area contributed by atoms with Crippen LogP contribution in [0.2, 0.25) is 0 Å². The van der Waals surface area contributed by atoms with E-state index in [1.54, 1.807) is 0 Å². The van der Waals surface area contributed by atoms with Crippen LogP contribution in [0.15, 0.2) is 58.0 Å². The first-order valence-corrected chi connectivity index (χ1v) is 9.26. The first kappa shape index (κ1) is 16.2. The SMILES string of the molecule is CC(C)Cc1nnc2n1-c1ccc(Br)cc1C(c1ccccc1)=NC2. The maximum absolute atomic E-state index is 4.88. The molecule has 0 amide bonds. The van der Waals surface area contributed by atoms with E-state index in [1.807, 2.05) is 18.2 Å². The Bertz CT molecular complexity index is 942. The van der Waals surface area contributed by atoms with Gasteiger partial charge in [-0.15, -0.1) is 10.2 Å². The van der Waals surface area contributed by atoms with Gasteiger partial charge in [-0.05, 0) is 24.1 Å². The van der Waals surface area contributed by atoms with Gasteiger partial charge in [-0.25, -0.2) is 0 Å². The lowest BCUT2D eigenvalue weighted by atomic mass is 10.0. The topological polar surface area (TPSA) is 43.1 Å². The Kier molecular flexibility index (Phi) is 4.25. The van der Waals surface area contributed by atoms with Crippen molar-refractivity contribution in [2.45, 2.75) is 26.8 Å². The lowest BCUT2D eigenvalue weighted by Gasteiger charge is -2.14. The smallest absolute Gasteiger partial charge is 0.159 e. The van der Waals surface area contributed by atoms with Crippen LogP contribution in [0.25, 0.3) is 5.69 Å². The summed E-state index contributed by atoms with van der Waals surface area (Å²) in [6, 6.07) is 16.6. The van der Waals surface area contributed by atoms with Crippen molar-refractivity contribution in [2.75, 3.05) is 0 Å². The van der Waals surface area contributed by atoms with Gasteiger partial charge in [0.1, 0.15) is 12.4 Å². The van der Waals surface area contributed by atoms with Gasteiger partial charge >= 0.3 is 0 Å². The maximum atomic E-state index is 4.88. The third-order valence-electron chi connectivity index (χ3n) is 4.27. The van der Waals surface area contributed by atoms with Crippen LogP contribution in [-0.4, -0.2) is 20.5 Å².